The SMILES string of the molecule is C1CCC2=NCCCN2CC1.CCN(CC)CC.CS(=O)(=O)NC(=O)c1cc(N2CCC[C@@H](CO)C2)c2c(C3CCC3)nn(-c3ccccc3)c2n1.CS(N)(=O)=O.O=C(O)c1cc(N2CCC[C@@H](CO)C2)c2c(C3CCC3)nn(-c3ccccc3)c2n1.O=C(n1ccnc1)n1ccnc1. The summed E-state index contributed by atoms with van der Waals surface area (Å²) in [4.78, 5) is 66.7. The van der Waals surface area contributed by atoms with Gasteiger partial charge in [0.15, 0.2) is 17.0 Å². The van der Waals surface area contributed by atoms with Crippen molar-refractivity contribution >= 4 is 77.2 Å². The van der Waals surface area contributed by atoms with E-state index in [4.69, 9.17) is 10.2 Å². The number of sulfonamides is 2. The minimum absolute atomic E-state index is 0.0243. The van der Waals surface area contributed by atoms with Crippen molar-refractivity contribution in [2.24, 2.45) is 22.0 Å². The number of aliphatic hydroxyl groups excluding tert-OH is 2. The molecule has 10 heterocycles. The second-order valence-corrected chi connectivity index (χ2v) is 29.3. The van der Waals surface area contributed by atoms with Crippen molar-refractivity contribution in [2.45, 2.75) is 129 Å². The van der Waals surface area contributed by atoms with Gasteiger partial charge in [-0.1, -0.05) is 76.4 Å². The Balaban J connectivity index is 0.000000157. The molecule has 4 aliphatic heterocycles. The molecule has 0 unspecified atom stereocenters. The molecule has 0 bridgehead atoms. The normalized spacial score (nSPS) is 17.9. The van der Waals surface area contributed by atoms with Crippen LogP contribution >= 0.6 is 0 Å². The van der Waals surface area contributed by atoms with Crippen LogP contribution in [-0.2, 0) is 20.0 Å². The number of amidine groups is 1. The highest BCUT2D eigenvalue weighted by molar-refractivity contribution is 7.89. The fourth-order valence-electron chi connectivity index (χ4n) is 13.0. The number of aromatic carboxylic acids is 1. The molecular formula is C70H97N17O10S2. The van der Waals surface area contributed by atoms with Crippen LogP contribution in [0.3, 0.4) is 0 Å². The quantitative estimate of drug-likeness (QED) is 0.0679. The van der Waals surface area contributed by atoms with Gasteiger partial charge in [-0.25, -0.2) is 65.6 Å². The Morgan fingerprint density at radius 3 is 1.45 bits per heavy atom. The summed E-state index contributed by atoms with van der Waals surface area (Å²) in [7, 11) is -6.92. The minimum Gasteiger partial charge on any atom is -0.477 e. The lowest BCUT2D eigenvalue weighted by Crippen LogP contribution is -2.37. The predicted octanol–water partition coefficient (Wildman–Crippen LogP) is 8.69. The first-order chi connectivity index (χ1) is 47.7. The summed E-state index contributed by atoms with van der Waals surface area (Å²) in [5.41, 5.74) is 6.59. The van der Waals surface area contributed by atoms with E-state index >= 15 is 0 Å². The van der Waals surface area contributed by atoms with Crippen LogP contribution in [0.4, 0.5) is 16.2 Å². The van der Waals surface area contributed by atoms with Crippen LogP contribution < -0.4 is 19.7 Å². The summed E-state index contributed by atoms with van der Waals surface area (Å²) in [6.45, 7) is 17.0. The van der Waals surface area contributed by atoms with Crippen molar-refractivity contribution < 1.29 is 46.5 Å². The molecule has 14 rings (SSSR count). The van der Waals surface area contributed by atoms with Gasteiger partial charge in [0.05, 0.1) is 63.3 Å². The number of benzene rings is 2. The smallest absolute Gasteiger partial charge is 0.354 e. The Kier molecular flexibility index (Phi) is 26.8. The summed E-state index contributed by atoms with van der Waals surface area (Å²) in [6.07, 6.45) is 28.2. The number of aromatic nitrogens is 10. The Labute approximate surface area is 580 Å². The summed E-state index contributed by atoms with van der Waals surface area (Å²) in [5.74, 6) is 0.628. The second-order valence-electron chi connectivity index (χ2n) is 25.9. The third kappa shape index (κ3) is 20.4. The van der Waals surface area contributed by atoms with Gasteiger partial charge in [0, 0.05) is 102 Å². The third-order valence-corrected chi connectivity index (χ3v) is 19.2. The average molecular weight is 1400 g/mol. The largest absolute Gasteiger partial charge is 0.477 e. The number of primary sulfonamides is 1. The zero-order chi connectivity index (χ0) is 70.6. The number of aliphatic hydroxyl groups is 2. The number of pyridine rings is 2. The number of aliphatic imine (C=N–C) groups is 1. The Morgan fingerprint density at radius 1 is 0.596 bits per heavy atom. The van der Waals surface area contributed by atoms with Crippen LogP contribution in [0.1, 0.15) is 161 Å². The Hall–Kier alpha value is -8.48. The predicted molar refractivity (Wildman–Crippen MR) is 384 cm³/mol. The number of carboxylic acids is 1. The molecule has 29 heteroatoms. The number of amides is 1. The number of imidazole rings is 2. The fraction of sp³-hybridized carbons (Fsp3) is 0.514. The maximum atomic E-state index is 12.9. The van der Waals surface area contributed by atoms with E-state index in [0.717, 1.165) is 141 Å². The molecule has 5 fully saturated rings. The number of nitrogens with two attached hydrogens (primary N) is 1. The summed E-state index contributed by atoms with van der Waals surface area (Å²) in [5, 5.41) is 45.4. The first-order valence-corrected chi connectivity index (χ1v) is 38.5. The maximum absolute atomic E-state index is 12.9. The second kappa shape index (κ2) is 35.5. The highest BCUT2D eigenvalue weighted by Gasteiger charge is 2.34. The number of piperidine rings is 2. The first kappa shape index (κ1) is 74.7. The van der Waals surface area contributed by atoms with Crippen molar-refractivity contribution in [3.8, 4) is 11.4 Å². The molecule has 8 aromatic rings. The number of carbonyl (C=O) groups excluding carboxylic acids is 2. The van der Waals surface area contributed by atoms with Crippen LogP contribution in [0.5, 0.6) is 0 Å². The third-order valence-electron chi connectivity index (χ3n) is 18.6. The van der Waals surface area contributed by atoms with E-state index in [1.54, 1.807) is 46.3 Å². The molecule has 2 saturated carbocycles. The van der Waals surface area contributed by atoms with Gasteiger partial charge >= 0.3 is 12.0 Å². The lowest BCUT2D eigenvalue weighted by Gasteiger charge is -2.34. The van der Waals surface area contributed by atoms with Gasteiger partial charge in [-0.05, 0) is 138 Å². The van der Waals surface area contributed by atoms with Gasteiger partial charge in [-0.15, -0.1) is 0 Å². The maximum Gasteiger partial charge on any atom is 0.354 e. The van der Waals surface area contributed by atoms with Gasteiger partial charge in [-0.2, -0.15) is 10.2 Å². The first-order valence-electron chi connectivity index (χ1n) is 34.6. The van der Waals surface area contributed by atoms with E-state index in [0.29, 0.717) is 29.7 Å². The minimum atomic E-state index is -3.75. The van der Waals surface area contributed by atoms with Crippen molar-refractivity contribution in [1.82, 2.24) is 63.2 Å². The highest BCUT2D eigenvalue weighted by atomic mass is 32.2. The monoisotopic (exact) mass is 1400 g/mol. The van der Waals surface area contributed by atoms with Gasteiger partial charge in [0.25, 0.3) is 5.91 Å². The summed E-state index contributed by atoms with van der Waals surface area (Å²) < 4.78 is 50.7. The molecule has 3 saturated heterocycles. The van der Waals surface area contributed by atoms with E-state index in [9.17, 15) is 46.5 Å². The molecule has 2 atom stereocenters. The van der Waals surface area contributed by atoms with Gasteiger partial charge in [0.2, 0.25) is 20.0 Å². The molecule has 6 aliphatic rings. The van der Waals surface area contributed by atoms with Crippen LogP contribution in [0.2, 0.25) is 0 Å². The van der Waals surface area contributed by atoms with E-state index in [1.165, 1.54) is 98.9 Å². The highest BCUT2D eigenvalue weighted by Crippen LogP contribution is 2.45. The number of hydrogen-bond donors (Lipinski definition) is 5. The molecule has 2 aliphatic carbocycles. The molecule has 27 nitrogen and oxygen atoms in total. The van der Waals surface area contributed by atoms with Gasteiger partial charge in [-0.3, -0.25) is 18.9 Å². The molecule has 6 N–H and O–H groups in total. The van der Waals surface area contributed by atoms with Crippen LogP contribution in [-0.4, -0.2) is 206 Å². The number of anilines is 2. The zero-order valence-corrected chi connectivity index (χ0v) is 59.2. The van der Waals surface area contributed by atoms with Crippen LogP contribution in [0.25, 0.3) is 33.4 Å². The van der Waals surface area contributed by atoms with E-state index in [-0.39, 0.29) is 42.5 Å². The molecular weight excluding hydrogens is 1300 g/mol. The average Bonchev–Trinajstić information content (AvgIpc) is 1.62. The summed E-state index contributed by atoms with van der Waals surface area (Å²) in [6, 6.07) is 22.6. The Morgan fingerprint density at radius 2 is 1.05 bits per heavy atom. The van der Waals surface area contributed by atoms with Crippen molar-refractivity contribution in [3.63, 3.8) is 0 Å². The number of rotatable bonds is 14. The fourth-order valence-corrected chi connectivity index (χ4v) is 13.4. The van der Waals surface area contributed by atoms with Crippen molar-refractivity contribution in [2.75, 3.05) is 101 Å². The molecule has 534 valence electrons. The lowest BCUT2D eigenvalue weighted by molar-refractivity contribution is 0.0690. The lowest BCUT2D eigenvalue weighted by atomic mass is 9.81. The van der Waals surface area contributed by atoms with Crippen molar-refractivity contribution in [1.29, 1.82) is 0 Å². The number of carboxylic acid groups (broad SMARTS) is 1. The zero-order valence-electron chi connectivity index (χ0n) is 57.6. The molecule has 1 amide bonds. The Bertz CT molecular complexity index is 4130. The van der Waals surface area contributed by atoms with Crippen molar-refractivity contribution in [3.05, 3.63) is 133 Å². The molecule has 0 radical (unpaired) electrons. The number of fused-ring (bicyclic) bond motifs is 3. The molecule has 6 aromatic heterocycles. The molecule has 0 spiro atoms. The number of carbonyl (C=O) groups is 3. The van der Waals surface area contributed by atoms with E-state index in [1.807, 2.05) is 65.4 Å². The standard InChI is InChI=1S/C24H29N5O4S.C23H26N4O3.C9H16N2.C7H6N4O.C6H15N.CH5NO2S/c1-34(32,33)27-24(31)19-13-20(28-12-6-7-16(14-28)15-30)21-22(17-8-5-9-17)26-29(23(21)25-19)18-10-3-2-4-11-18;28-14-15-6-5-11-26(13-15)19-12-18(23(29)30)24-22-20(19)21(16-7-4-8-16)25-27(22)17-9-2-1-3-10-17;1-2-5-9-10-6-4-8-11(9)7-3-1;12-7(10-3-1-8-5-10)11-4-2-9-6-11;1-4-7(5-2)6-3;1-5(2,3)4/h2-4,10-11,13,16-17,30H,5-9,12,14-15H2,1H3,(H,27,31);1-3,9-10,12,15-16,28H,4-8,11,13-14H2,(H,29,30);1-8H2;1-6H;4-6H2,1-3H3;1H3,(H2,2,3,4)/t16-;15-;;;;/m11..../s1. The number of nitrogens with zero attached hydrogens (tertiary/aromatic N) is 15. The number of nitrogens with one attached hydrogen (secondary N) is 1. The summed E-state index contributed by atoms with van der Waals surface area (Å²) >= 11 is 0. The van der Waals surface area contributed by atoms with E-state index in [2.05, 4.69) is 70.4 Å². The molecule has 2 aromatic carbocycles. The van der Waals surface area contributed by atoms with E-state index < -0.39 is 31.9 Å². The van der Waals surface area contributed by atoms with Crippen LogP contribution in [0, 0.1) is 11.8 Å². The van der Waals surface area contributed by atoms with Gasteiger partial charge < -0.3 is 34.9 Å². The topological polar surface area (TPSA) is 341 Å². The number of para-hydroxylation sites is 2. The molecule has 99 heavy (non-hydrogen) atoms. The number of hydrogen-bond acceptors (Lipinski definition) is 20. The van der Waals surface area contributed by atoms with Gasteiger partial charge in [0.1, 0.15) is 18.3 Å². The van der Waals surface area contributed by atoms with Crippen LogP contribution in [0.15, 0.2) is 115 Å².